The van der Waals surface area contributed by atoms with Crippen molar-refractivity contribution < 1.29 is 14.6 Å². The number of hydrogen-bond acceptors (Lipinski definition) is 6. The molecule has 0 aliphatic carbocycles. The Morgan fingerprint density at radius 2 is 2.18 bits per heavy atom. The Morgan fingerprint density at radius 3 is 2.89 bits per heavy atom. The molecule has 3 N–H and O–H groups in total. The number of nitrogens with one attached hydrogen (secondary N) is 2. The van der Waals surface area contributed by atoms with Gasteiger partial charge in [-0.25, -0.2) is 0 Å². The number of aromatic hydroxyl groups is 1. The molecule has 2 aromatic rings. The zero-order chi connectivity index (χ0) is 20.0. The van der Waals surface area contributed by atoms with Gasteiger partial charge in [-0.15, -0.1) is 11.3 Å². The maximum Gasteiger partial charge on any atom is 0.256 e. The number of amides is 1. The molecule has 0 spiro atoms. The summed E-state index contributed by atoms with van der Waals surface area (Å²) in [6, 6.07) is 4.01. The average molecular weight is 466 g/mol. The van der Waals surface area contributed by atoms with Gasteiger partial charge in [-0.1, -0.05) is 15.9 Å². The van der Waals surface area contributed by atoms with Crippen molar-refractivity contribution in [2.24, 2.45) is 0 Å². The first kappa shape index (κ1) is 19.5. The minimum atomic E-state index is -0.516. The van der Waals surface area contributed by atoms with Gasteiger partial charge in [0.1, 0.15) is 11.2 Å². The third kappa shape index (κ3) is 3.38. The number of rotatable bonds is 4. The largest absolute Gasteiger partial charge is 0.504 e. The van der Waals surface area contributed by atoms with E-state index in [1.807, 2.05) is 6.92 Å². The van der Waals surface area contributed by atoms with E-state index < -0.39 is 6.17 Å². The van der Waals surface area contributed by atoms with Gasteiger partial charge in [0.15, 0.2) is 11.5 Å². The van der Waals surface area contributed by atoms with Crippen LogP contribution >= 0.6 is 27.3 Å². The zero-order valence-electron chi connectivity index (χ0n) is 16.1. The van der Waals surface area contributed by atoms with E-state index in [4.69, 9.17) is 4.74 Å². The normalized spacial score (nSPS) is 19.0. The molecule has 2 aliphatic rings. The third-order valence-corrected chi connectivity index (χ3v) is 6.88. The SMILES string of the molecule is CCOc1cc(Br)cc([C@H]2NC(=O)c3c(sc4c3CCN(C(C)C)C4)N2)c1O. The molecule has 4 rings (SSSR count). The molecule has 1 aromatic heterocycles. The molecule has 3 heterocycles. The Morgan fingerprint density at radius 1 is 1.39 bits per heavy atom. The van der Waals surface area contributed by atoms with Crippen LogP contribution in [0.25, 0.3) is 0 Å². The van der Waals surface area contributed by atoms with Crippen LogP contribution < -0.4 is 15.4 Å². The van der Waals surface area contributed by atoms with Crippen LogP contribution in [0.3, 0.4) is 0 Å². The van der Waals surface area contributed by atoms with Crippen molar-refractivity contribution in [2.75, 3.05) is 18.5 Å². The molecule has 150 valence electrons. The average Bonchev–Trinajstić information content (AvgIpc) is 3.02. The number of nitrogens with zero attached hydrogens (tertiary/aromatic N) is 1. The number of halogens is 1. The fourth-order valence-corrected chi connectivity index (χ4v) is 5.57. The smallest absolute Gasteiger partial charge is 0.256 e. The molecule has 2 aliphatic heterocycles. The number of hydrogen-bond donors (Lipinski definition) is 3. The predicted octanol–water partition coefficient (Wildman–Crippen LogP) is 4.24. The number of carbonyl (C=O) groups excluding carboxylic acids is 1. The maximum atomic E-state index is 12.9. The summed E-state index contributed by atoms with van der Waals surface area (Å²) in [4.78, 5) is 16.6. The van der Waals surface area contributed by atoms with Crippen molar-refractivity contribution in [1.82, 2.24) is 10.2 Å². The Labute approximate surface area is 177 Å². The van der Waals surface area contributed by atoms with Crippen LogP contribution in [0.15, 0.2) is 16.6 Å². The summed E-state index contributed by atoms with van der Waals surface area (Å²) >= 11 is 5.11. The second-order valence-corrected chi connectivity index (χ2v) is 9.37. The quantitative estimate of drug-likeness (QED) is 0.629. The van der Waals surface area contributed by atoms with Gasteiger partial charge in [0.2, 0.25) is 0 Å². The van der Waals surface area contributed by atoms with Gasteiger partial charge in [-0.3, -0.25) is 9.69 Å². The Balaban J connectivity index is 1.68. The summed E-state index contributed by atoms with van der Waals surface area (Å²) in [6.07, 6.45) is 0.369. The van der Waals surface area contributed by atoms with Crippen molar-refractivity contribution >= 4 is 38.2 Å². The van der Waals surface area contributed by atoms with Gasteiger partial charge < -0.3 is 20.5 Å². The van der Waals surface area contributed by atoms with Gasteiger partial charge in [0.25, 0.3) is 5.91 Å². The minimum absolute atomic E-state index is 0.0404. The Bertz CT molecular complexity index is 928. The van der Waals surface area contributed by atoms with Gasteiger partial charge in [0.05, 0.1) is 12.2 Å². The van der Waals surface area contributed by atoms with Gasteiger partial charge in [-0.2, -0.15) is 0 Å². The molecule has 0 bridgehead atoms. The number of benzene rings is 1. The van der Waals surface area contributed by atoms with Crippen molar-refractivity contribution in [3.05, 3.63) is 38.2 Å². The number of phenols is 1. The second-order valence-electron chi connectivity index (χ2n) is 7.35. The van der Waals surface area contributed by atoms with E-state index in [0.717, 1.165) is 40.1 Å². The zero-order valence-corrected chi connectivity index (χ0v) is 18.5. The topological polar surface area (TPSA) is 73.8 Å². The van der Waals surface area contributed by atoms with E-state index in [-0.39, 0.29) is 11.7 Å². The monoisotopic (exact) mass is 465 g/mol. The molecule has 1 amide bonds. The van der Waals surface area contributed by atoms with Crippen LogP contribution in [0.5, 0.6) is 11.5 Å². The molecule has 28 heavy (non-hydrogen) atoms. The standard InChI is InChI=1S/C20H24BrN3O3S/c1-4-27-14-8-11(21)7-13(17(14)25)18-22-19(26)16-12-5-6-24(10(2)3)9-15(12)28-20(16)23-18/h7-8,10,18,23,25H,4-6,9H2,1-3H3,(H,22,26)/t18-/m0/s1. The summed E-state index contributed by atoms with van der Waals surface area (Å²) in [5.41, 5.74) is 2.50. The Kier molecular flexibility index (Phi) is 5.28. The molecule has 0 unspecified atom stereocenters. The first-order valence-corrected chi connectivity index (χ1v) is 11.1. The first-order valence-electron chi connectivity index (χ1n) is 9.50. The molecule has 6 nitrogen and oxygen atoms in total. The van der Waals surface area contributed by atoms with Gasteiger partial charge >= 0.3 is 0 Å². The number of thiophene rings is 1. The number of phenolic OH excluding ortho intramolecular Hbond substituents is 1. The highest BCUT2D eigenvalue weighted by atomic mass is 79.9. The maximum absolute atomic E-state index is 12.9. The van der Waals surface area contributed by atoms with E-state index in [0.29, 0.717) is 24.0 Å². The van der Waals surface area contributed by atoms with E-state index in [2.05, 4.69) is 45.3 Å². The molecule has 0 radical (unpaired) electrons. The van der Waals surface area contributed by atoms with E-state index in [9.17, 15) is 9.90 Å². The fraction of sp³-hybridized carbons (Fsp3) is 0.450. The van der Waals surface area contributed by atoms with Crippen LogP contribution in [0, 0.1) is 0 Å². The van der Waals surface area contributed by atoms with E-state index in [1.54, 1.807) is 23.5 Å². The molecular formula is C20H24BrN3O3S. The molecule has 1 aromatic carbocycles. The minimum Gasteiger partial charge on any atom is -0.504 e. The third-order valence-electron chi connectivity index (χ3n) is 5.27. The highest BCUT2D eigenvalue weighted by Gasteiger charge is 2.35. The molecule has 0 saturated carbocycles. The summed E-state index contributed by atoms with van der Waals surface area (Å²) in [7, 11) is 0. The lowest BCUT2D eigenvalue weighted by molar-refractivity contribution is 0.0934. The fourth-order valence-electron chi connectivity index (χ4n) is 3.81. The van der Waals surface area contributed by atoms with Gasteiger partial charge in [0, 0.05) is 34.0 Å². The molecule has 1 atom stereocenters. The van der Waals surface area contributed by atoms with Crippen LogP contribution in [0.1, 0.15) is 53.3 Å². The van der Waals surface area contributed by atoms with Crippen LogP contribution in [-0.4, -0.2) is 35.1 Å². The molecule has 0 fully saturated rings. The second kappa shape index (κ2) is 7.57. The first-order chi connectivity index (χ1) is 13.4. The lowest BCUT2D eigenvalue weighted by Gasteiger charge is -2.31. The van der Waals surface area contributed by atoms with Gasteiger partial charge in [-0.05, 0) is 44.9 Å². The van der Waals surface area contributed by atoms with Crippen molar-refractivity contribution in [2.45, 2.75) is 45.9 Å². The highest BCUT2D eigenvalue weighted by Crippen LogP contribution is 2.44. The predicted molar refractivity (Wildman–Crippen MR) is 114 cm³/mol. The van der Waals surface area contributed by atoms with Crippen LogP contribution in [0.2, 0.25) is 0 Å². The number of ether oxygens (including phenoxy) is 1. The van der Waals surface area contributed by atoms with Crippen molar-refractivity contribution in [1.29, 1.82) is 0 Å². The summed E-state index contributed by atoms with van der Waals surface area (Å²) < 4.78 is 6.30. The Hall–Kier alpha value is -1.77. The summed E-state index contributed by atoms with van der Waals surface area (Å²) in [6.45, 7) is 8.55. The summed E-state index contributed by atoms with van der Waals surface area (Å²) in [5.74, 6) is 0.344. The van der Waals surface area contributed by atoms with Crippen LogP contribution in [0.4, 0.5) is 5.00 Å². The van der Waals surface area contributed by atoms with E-state index >= 15 is 0 Å². The number of carbonyl (C=O) groups is 1. The lowest BCUT2D eigenvalue weighted by Crippen LogP contribution is -2.39. The summed E-state index contributed by atoms with van der Waals surface area (Å²) in [5, 5.41) is 17.9. The highest BCUT2D eigenvalue weighted by molar-refractivity contribution is 9.10. The van der Waals surface area contributed by atoms with E-state index in [1.165, 1.54) is 4.88 Å². The molecule has 8 heteroatoms. The van der Waals surface area contributed by atoms with Crippen LogP contribution in [-0.2, 0) is 13.0 Å². The lowest BCUT2D eigenvalue weighted by atomic mass is 9.99. The molecular weight excluding hydrogens is 442 g/mol. The number of anilines is 1. The molecule has 0 saturated heterocycles. The van der Waals surface area contributed by atoms with Crippen molar-refractivity contribution in [3.8, 4) is 11.5 Å². The number of fused-ring (bicyclic) bond motifs is 3. The van der Waals surface area contributed by atoms with Crippen molar-refractivity contribution in [3.63, 3.8) is 0 Å².